The van der Waals surface area contributed by atoms with Crippen molar-refractivity contribution in [3.05, 3.63) is 29.7 Å². The molecule has 1 heterocycles. The normalized spacial score (nSPS) is 14.5. The molecule has 0 atom stereocenters. The van der Waals surface area contributed by atoms with E-state index in [0.717, 1.165) is 12.3 Å². The molecule has 5 heteroatoms. The summed E-state index contributed by atoms with van der Waals surface area (Å²) >= 11 is 0. The Labute approximate surface area is 113 Å². The smallest absolute Gasteiger partial charge is 0.244 e. The minimum Gasteiger partial charge on any atom is -0.462 e. The van der Waals surface area contributed by atoms with Crippen molar-refractivity contribution in [3.63, 3.8) is 0 Å². The van der Waals surface area contributed by atoms with Crippen molar-refractivity contribution in [2.24, 2.45) is 0 Å². The molecule has 1 aromatic heterocycles. The van der Waals surface area contributed by atoms with Gasteiger partial charge in [0.05, 0.1) is 0 Å². The Morgan fingerprint density at radius 1 is 1.44 bits per heavy atom. The first-order valence-electron chi connectivity index (χ1n) is 6.00. The summed E-state index contributed by atoms with van der Waals surface area (Å²) in [7, 11) is 0. The van der Waals surface area contributed by atoms with E-state index in [2.05, 4.69) is 10.6 Å². The van der Waals surface area contributed by atoms with Crippen molar-refractivity contribution in [3.8, 4) is 0 Å². The summed E-state index contributed by atoms with van der Waals surface area (Å²) in [5.41, 5.74) is 0. The van der Waals surface area contributed by atoms with Crippen LogP contribution < -0.4 is 10.6 Å². The lowest BCUT2D eigenvalue weighted by Crippen LogP contribution is -2.31. The number of rotatable bonds is 6. The minimum absolute atomic E-state index is 0. The van der Waals surface area contributed by atoms with Crippen LogP contribution in [-0.4, -0.2) is 25.0 Å². The second-order valence-electron chi connectivity index (χ2n) is 4.30. The van der Waals surface area contributed by atoms with Gasteiger partial charge in [0.15, 0.2) is 0 Å². The molecule has 0 aromatic carbocycles. The van der Waals surface area contributed by atoms with Gasteiger partial charge in [-0.15, -0.1) is 12.4 Å². The van der Waals surface area contributed by atoms with Crippen molar-refractivity contribution in [2.75, 3.05) is 13.1 Å². The molecule has 0 radical (unpaired) electrons. The third kappa shape index (κ3) is 5.38. The average molecular weight is 271 g/mol. The maximum absolute atomic E-state index is 11.4. The molecule has 18 heavy (non-hydrogen) atoms. The van der Waals surface area contributed by atoms with Crippen LogP contribution in [0.3, 0.4) is 0 Å². The van der Waals surface area contributed by atoms with Crippen molar-refractivity contribution in [1.82, 2.24) is 10.6 Å². The average Bonchev–Trinajstić information content (AvgIpc) is 3.04. The number of hydrogen-bond acceptors (Lipinski definition) is 3. The lowest BCUT2D eigenvalue weighted by atomic mass is 10.4. The molecule has 0 spiro atoms. The lowest BCUT2D eigenvalue weighted by molar-refractivity contribution is -0.116. The minimum atomic E-state index is -0.0864. The predicted molar refractivity (Wildman–Crippen MR) is 73.8 cm³/mol. The third-order valence-corrected chi connectivity index (χ3v) is 2.59. The SMILES string of the molecule is Cc1ccc(/C=C/C(=O)NCCNC2CC2)o1.Cl. The lowest BCUT2D eigenvalue weighted by Gasteiger charge is -2.02. The first-order chi connectivity index (χ1) is 8.24. The fourth-order valence-corrected chi connectivity index (χ4v) is 1.51. The second-order valence-corrected chi connectivity index (χ2v) is 4.30. The van der Waals surface area contributed by atoms with Gasteiger partial charge in [0, 0.05) is 25.2 Å². The number of carbonyl (C=O) groups excluding carboxylic acids is 1. The first-order valence-corrected chi connectivity index (χ1v) is 6.00. The van der Waals surface area contributed by atoms with E-state index in [1.165, 1.54) is 18.9 Å². The van der Waals surface area contributed by atoms with Gasteiger partial charge in [-0.2, -0.15) is 0 Å². The molecular formula is C13H19ClN2O2. The topological polar surface area (TPSA) is 54.3 Å². The zero-order chi connectivity index (χ0) is 12.1. The van der Waals surface area contributed by atoms with E-state index in [1.807, 2.05) is 19.1 Å². The Hall–Kier alpha value is -1.26. The summed E-state index contributed by atoms with van der Waals surface area (Å²) in [6, 6.07) is 4.40. The highest BCUT2D eigenvalue weighted by atomic mass is 35.5. The van der Waals surface area contributed by atoms with Crippen LogP contribution in [0.5, 0.6) is 0 Å². The molecule has 100 valence electrons. The predicted octanol–water partition coefficient (Wildman–Crippen LogP) is 1.89. The Morgan fingerprint density at radius 2 is 2.22 bits per heavy atom. The van der Waals surface area contributed by atoms with Gasteiger partial charge in [-0.05, 0) is 38.0 Å². The summed E-state index contributed by atoms with van der Waals surface area (Å²) in [4.78, 5) is 11.4. The van der Waals surface area contributed by atoms with Crippen molar-refractivity contribution in [2.45, 2.75) is 25.8 Å². The Balaban J connectivity index is 0.00000162. The van der Waals surface area contributed by atoms with Gasteiger partial charge in [-0.3, -0.25) is 4.79 Å². The van der Waals surface area contributed by atoms with E-state index in [4.69, 9.17) is 4.42 Å². The van der Waals surface area contributed by atoms with E-state index in [1.54, 1.807) is 6.08 Å². The van der Waals surface area contributed by atoms with Gasteiger partial charge in [-0.1, -0.05) is 0 Å². The van der Waals surface area contributed by atoms with Gasteiger partial charge in [-0.25, -0.2) is 0 Å². The van der Waals surface area contributed by atoms with Crippen LogP contribution in [0.15, 0.2) is 22.6 Å². The van der Waals surface area contributed by atoms with E-state index >= 15 is 0 Å². The Morgan fingerprint density at radius 3 is 2.83 bits per heavy atom. The summed E-state index contributed by atoms with van der Waals surface area (Å²) in [5, 5.41) is 6.14. The van der Waals surface area contributed by atoms with Gasteiger partial charge >= 0.3 is 0 Å². The van der Waals surface area contributed by atoms with Crippen molar-refractivity contribution in [1.29, 1.82) is 0 Å². The molecule has 1 aliphatic rings. The van der Waals surface area contributed by atoms with Crippen LogP contribution in [0, 0.1) is 6.92 Å². The number of furan rings is 1. The summed E-state index contributed by atoms with van der Waals surface area (Å²) in [5.74, 6) is 1.46. The van der Waals surface area contributed by atoms with Gasteiger partial charge in [0.1, 0.15) is 11.5 Å². The highest BCUT2D eigenvalue weighted by Crippen LogP contribution is 2.17. The third-order valence-electron chi connectivity index (χ3n) is 2.59. The molecule has 0 bridgehead atoms. The van der Waals surface area contributed by atoms with E-state index in [-0.39, 0.29) is 18.3 Å². The molecule has 4 nitrogen and oxygen atoms in total. The van der Waals surface area contributed by atoms with Crippen LogP contribution in [-0.2, 0) is 4.79 Å². The van der Waals surface area contributed by atoms with E-state index < -0.39 is 0 Å². The molecule has 1 aliphatic carbocycles. The zero-order valence-electron chi connectivity index (χ0n) is 10.4. The Bertz CT molecular complexity index is 411. The number of amides is 1. The maximum Gasteiger partial charge on any atom is 0.244 e. The van der Waals surface area contributed by atoms with Crippen LogP contribution in [0.1, 0.15) is 24.4 Å². The number of hydrogen-bond donors (Lipinski definition) is 2. The zero-order valence-corrected chi connectivity index (χ0v) is 11.3. The van der Waals surface area contributed by atoms with Crippen molar-refractivity contribution < 1.29 is 9.21 Å². The second kappa shape index (κ2) is 7.24. The van der Waals surface area contributed by atoms with E-state index in [0.29, 0.717) is 18.3 Å². The fraction of sp³-hybridized carbons (Fsp3) is 0.462. The summed E-state index contributed by atoms with van der Waals surface area (Å²) in [6.07, 6.45) is 5.71. The number of halogens is 1. The molecule has 1 fully saturated rings. The molecule has 1 aromatic rings. The monoisotopic (exact) mass is 270 g/mol. The molecule has 0 unspecified atom stereocenters. The summed E-state index contributed by atoms with van der Waals surface area (Å²) in [6.45, 7) is 3.38. The van der Waals surface area contributed by atoms with Crippen LogP contribution in [0.4, 0.5) is 0 Å². The van der Waals surface area contributed by atoms with Gasteiger partial charge < -0.3 is 15.1 Å². The molecule has 1 saturated carbocycles. The molecule has 2 rings (SSSR count). The van der Waals surface area contributed by atoms with E-state index in [9.17, 15) is 4.79 Å². The van der Waals surface area contributed by atoms with Crippen LogP contribution in [0.2, 0.25) is 0 Å². The molecule has 0 aliphatic heterocycles. The highest BCUT2D eigenvalue weighted by Gasteiger charge is 2.19. The maximum atomic E-state index is 11.4. The van der Waals surface area contributed by atoms with Crippen LogP contribution in [0.25, 0.3) is 6.08 Å². The largest absolute Gasteiger partial charge is 0.462 e. The summed E-state index contributed by atoms with van der Waals surface area (Å²) < 4.78 is 5.32. The van der Waals surface area contributed by atoms with Gasteiger partial charge in [0.25, 0.3) is 0 Å². The standard InChI is InChI=1S/C13H18N2O2.ClH/c1-10-2-5-12(17-10)6-7-13(16)15-9-8-14-11-3-4-11;/h2,5-7,11,14H,3-4,8-9H2,1H3,(H,15,16);1H/b7-6+;. The number of carbonyl (C=O) groups is 1. The van der Waals surface area contributed by atoms with Gasteiger partial charge in [0.2, 0.25) is 5.91 Å². The van der Waals surface area contributed by atoms with Crippen LogP contribution >= 0.6 is 12.4 Å². The highest BCUT2D eigenvalue weighted by molar-refractivity contribution is 5.91. The number of aryl methyl sites for hydroxylation is 1. The number of nitrogens with one attached hydrogen (secondary N) is 2. The fourth-order valence-electron chi connectivity index (χ4n) is 1.51. The quantitative estimate of drug-likeness (QED) is 0.613. The molecule has 1 amide bonds. The molecule has 0 saturated heterocycles. The van der Waals surface area contributed by atoms with Crippen molar-refractivity contribution >= 4 is 24.4 Å². The molecular weight excluding hydrogens is 252 g/mol. The first kappa shape index (κ1) is 14.8. The Kier molecular flexibility index (Phi) is 5.95. The molecule has 2 N–H and O–H groups in total.